The van der Waals surface area contributed by atoms with Crippen LogP contribution >= 0.6 is 0 Å². The number of amides is 1. The first-order chi connectivity index (χ1) is 14.4. The molecule has 0 spiro atoms. The fourth-order valence-electron chi connectivity index (χ4n) is 3.10. The molecule has 0 saturated carbocycles. The van der Waals surface area contributed by atoms with Gasteiger partial charge in [0.05, 0.1) is 6.33 Å². The molecule has 9 nitrogen and oxygen atoms in total. The van der Waals surface area contributed by atoms with Crippen LogP contribution < -0.4 is 21.3 Å². The molecule has 0 aliphatic heterocycles. The highest BCUT2D eigenvalue weighted by Gasteiger charge is 2.16. The van der Waals surface area contributed by atoms with Gasteiger partial charge in [-0.3, -0.25) is 18.7 Å². The Bertz CT molecular complexity index is 1330. The summed E-state index contributed by atoms with van der Waals surface area (Å²) in [6, 6.07) is 16.3. The minimum atomic E-state index is -0.499. The summed E-state index contributed by atoms with van der Waals surface area (Å²) in [4.78, 5) is 41.0. The molecule has 0 aliphatic carbocycles. The van der Waals surface area contributed by atoms with Crippen LogP contribution in [0.25, 0.3) is 11.2 Å². The average Bonchev–Trinajstić information content (AvgIpc) is 3.16. The Balaban J connectivity index is 1.49. The number of nitrogens with zero attached hydrogens (tertiary/aromatic N) is 4. The number of carbonyl (C=O) groups excluding carboxylic acids is 1. The number of benzene rings is 2. The second-order valence-electron chi connectivity index (χ2n) is 6.74. The number of fused-ring (bicyclic) bond motifs is 1. The minimum Gasteiger partial charge on any atom is -0.457 e. The highest BCUT2D eigenvalue weighted by Crippen LogP contribution is 2.22. The van der Waals surface area contributed by atoms with Crippen LogP contribution in [0.5, 0.6) is 11.5 Å². The number of rotatable bonds is 5. The molecular formula is C21H19N5O4. The number of para-hydroxylation sites is 1. The second kappa shape index (κ2) is 7.70. The lowest BCUT2D eigenvalue weighted by molar-refractivity contribution is -0.116. The van der Waals surface area contributed by atoms with Crippen LogP contribution in [0.2, 0.25) is 0 Å². The third-order valence-corrected chi connectivity index (χ3v) is 4.65. The van der Waals surface area contributed by atoms with E-state index >= 15 is 0 Å². The van der Waals surface area contributed by atoms with E-state index in [1.807, 2.05) is 30.3 Å². The van der Waals surface area contributed by atoms with E-state index < -0.39 is 11.2 Å². The Morgan fingerprint density at radius 1 is 0.967 bits per heavy atom. The van der Waals surface area contributed by atoms with Crippen LogP contribution in [0.3, 0.4) is 0 Å². The van der Waals surface area contributed by atoms with E-state index in [-0.39, 0.29) is 23.6 Å². The Morgan fingerprint density at radius 2 is 1.63 bits per heavy atom. The van der Waals surface area contributed by atoms with Gasteiger partial charge in [0.2, 0.25) is 5.91 Å². The molecule has 1 amide bonds. The lowest BCUT2D eigenvalue weighted by Crippen LogP contribution is -2.37. The molecule has 0 bridgehead atoms. The van der Waals surface area contributed by atoms with Crippen molar-refractivity contribution in [3.8, 4) is 11.5 Å². The third kappa shape index (κ3) is 3.60. The zero-order valence-corrected chi connectivity index (χ0v) is 16.4. The van der Waals surface area contributed by atoms with Crippen molar-refractivity contribution in [2.24, 2.45) is 14.1 Å². The van der Waals surface area contributed by atoms with Gasteiger partial charge in [-0.1, -0.05) is 18.2 Å². The van der Waals surface area contributed by atoms with Gasteiger partial charge in [-0.15, -0.1) is 0 Å². The van der Waals surface area contributed by atoms with E-state index in [0.717, 1.165) is 10.3 Å². The molecule has 0 unspecified atom stereocenters. The number of hydrogen-bond acceptors (Lipinski definition) is 5. The van der Waals surface area contributed by atoms with E-state index in [4.69, 9.17) is 4.74 Å². The summed E-state index contributed by atoms with van der Waals surface area (Å²) in [5.74, 6) is 1.03. The number of aryl methyl sites for hydroxylation is 1. The Labute approximate surface area is 170 Å². The van der Waals surface area contributed by atoms with Crippen LogP contribution in [0, 0.1) is 0 Å². The number of ether oxygens (including phenoxy) is 1. The molecule has 1 N–H and O–H groups in total. The van der Waals surface area contributed by atoms with Crippen molar-refractivity contribution in [2.75, 3.05) is 5.32 Å². The molecule has 0 atom stereocenters. The standard InChI is InChI=1S/C21H19N5O4/c1-24-19-18(20(28)25(2)21(24)29)26(13-22-19)12-17(27)23-14-8-10-16(11-9-14)30-15-6-4-3-5-7-15/h3-11,13H,12H2,1-2H3,(H,23,27). The van der Waals surface area contributed by atoms with Crippen LogP contribution in [-0.4, -0.2) is 24.6 Å². The summed E-state index contributed by atoms with van der Waals surface area (Å²) >= 11 is 0. The highest BCUT2D eigenvalue weighted by atomic mass is 16.5. The largest absolute Gasteiger partial charge is 0.457 e. The van der Waals surface area contributed by atoms with E-state index in [1.165, 1.54) is 29.6 Å². The Morgan fingerprint density at radius 3 is 2.33 bits per heavy atom. The van der Waals surface area contributed by atoms with Gasteiger partial charge in [0.25, 0.3) is 5.56 Å². The highest BCUT2D eigenvalue weighted by molar-refractivity contribution is 5.91. The number of aromatic nitrogens is 4. The van der Waals surface area contributed by atoms with Crippen molar-refractivity contribution in [3.05, 3.63) is 81.8 Å². The van der Waals surface area contributed by atoms with Crippen molar-refractivity contribution in [2.45, 2.75) is 6.54 Å². The predicted molar refractivity (Wildman–Crippen MR) is 112 cm³/mol. The first-order valence-electron chi connectivity index (χ1n) is 9.17. The third-order valence-electron chi connectivity index (χ3n) is 4.65. The van der Waals surface area contributed by atoms with Gasteiger partial charge in [-0.2, -0.15) is 0 Å². The van der Waals surface area contributed by atoms with Crippen LogP contribution in [0.4, 0.5) is 5.69 Å². The SMILES string of the molecule is Cn1c(=O)c2c(ncn2CC(=O)Nc2ccc(Oc3ccccc3)cc2)n(C)c1=O. The topological polar surface area (TPSA) is 100 Å². The molecule has 4 rings (SSSR count). The molecule has 2 aromatic heterocycles. The monoisotopic (exact) mass is 405 g/mol. The maximum Gasteiger partial charge on any atom is 0.332 e. The first kappa shape index (κ1) is 19.2. The molecule has 30 heavy (non-hydrogen) atoms. The van der Waals surface area contributed by atoms with Crippen molar-refractivity contribution in [3.63, 3.8) is 0 Å². The Kier molecular flexibility index (Phi) is 4.93. The maximum atomic E-state index is 12.5. The molecule has 2 heterocycles. The van der Waals surface area contributed by atoms with E-state index in [1.54, 1.807) is 24.3 Å². The molecule has 152 valence electrons. The van der Waals surface area contributed by atoms with Crippen LogP contribution in [-0.2, 0) is 25.4 Å². The fraction of sp³-hybridized carbons (Fsp3) is 0.143. The normalized spacial score (nSPS) is 10.9. The summed E-state index contributed by atoms with van der Waals surface area (Å²) in [6.45, 7) is -0.119. The summed E-state index contributed by atoms with van der Waals surface area (Å²) in [5, 5.41) is 2.78. The second-order valence-corrected chi connectivity index (χ2v) is 6.74. The molecule has 2 aromatic carbocycles. The summed E-state index contributed by atoms with van der Waals surface area (Å²) in [5.41, 5.74) is 0.0469. The number of imidazole rings is 1. The quantitative estimate of drug-likeness (QED) is 0.546. The molecule has 0 aliphatic rings. The van der Waals surface area contributed by atoms with E-state index in [2.05, 4.69) is 10.3 Å². The number of anilines is 1. The molecule has 9 heteroatoms. The van der Waals surface area contributed by atoms with Crippen molar-refractivity contribution < 1.29 is 9.53 Å². The van der Waals surface area contributed by atoms with Gasteiger partial charge in [-0.25, -0.2) is 9.78 Å². The van der Waals surface area contributed by atoms with Crippen molar-refractivity contribution in [1.29, 1.82) is 0 Å². The number of carbonyl (C=O) groups is 1. The zero-order chi connectivity index (χ0) is 21.3. The number of hydrogen-bond donors (Lipinski definition) is 1. The van der Waals surface area contributed by atoms with Crippen LogP contribution in [0.15, 0.2) is 70.5 Å². The Hall–Kier alpha value is -4.14. The van der Waals surface area contributed by atoms with Gasteiger partial charge in [0.1, 0.15) is 18.0 Å². The summed E-state index contributed by atoms with van der Waals surface area (Å²) in [7, 11) is 2.92. The molecule has 4 aromatic rings. The van der Waals surface area contributed by atoms with Crippen molar-refractivity contribution >= 4 is 22.8 Å². The van der Waals surface area contributed by atoms with Crippen molar-refractivity contribution in [1.82, 2.24) is 18.7 Å². The van der Waals surface area contributed by atoms with Crippen LogP contribution in [0.1, 0.15) is 0 Å². The van der Waals surface area contributed by atoms with Gasteiger partial charge in [-0.05, 0) is 36.4 Å². The van der Waals surface area contributed by atoms with Gasteiger partial charge < -0.3 is 14.6 Å². The van der Waals surface area contributed by atoms with E-state index in [0.29, 0.717) is 11.4 Å². The maximum absolute atomic E-state index is 12.5. The fourth-order valence-corrected chi connectivity index (χ4v) is 3.10. The lowest BCUT2D eigenvalue weighted by Gasteiger charge is -2.09. The average molecular weight is 405 g/mol. The predicted octanol–water partition coefficient (Wildman–Crippen LogP) is 1.86. The molecule has 0 fully saturated rings. The minimum absolute atomic E-state index is 0.119. The summed E-state index contributed by atoms with van der Waals surface area (Å²) < 4.78 is 9.42. The summed E-state index contributed by atoms with van der Waals surface area (Å²) in [6.07, 6.45) is 1.38. The van der Waals surface area contributed by atoms with Gasteiger partial charge >= 0.3 is 5.69 Å². The lowest BCUT2D eigenvalue weighted by atomic mass is 10.3. The first-order valence-corrected chi connectivity index (χ1v) is 9.17. The molecule has 0 radical (unpaired) electrons. The van der Waals surface area contributed by atoms with E-state index in [9.17, 15) is 14.4 Å². The van der Waals surface area contributed by atoms with Gasteiger partial charge in [0, 0.05) is 19.8 Å². The smallest absolute Gasteiger partial charge is 0.332 e. The molecule has 0 saturated heterocycles. The van der Waals surface area contributed by atoms with Gasteiger partial charge in [0.15, 0.2) is 11.2 Å². The zero-order valence-electron chi connectivity index (χ0n) is 16.4. The number of nitrogens with one attached hydrogen (secondary N) is 1. The molecular weight excluding hydrogens is 386 g/mol.